The van der Waals surface area contributed by atoms with Gasteiger partial charge in [-0.2, -0.15) is 0 Å². The van der Waals surface area contributed by atoms with Gasteiger partial charge in [0.05, 0.1) is 26.7 Å². The molecule has 0 spiro atoms. The highest BCUT2D eigenvalue weighted by Crippen LogP contribution is 2.55. The SMILES string of the molecule is C=CCN(CP(OC)OC)C(c1ccc(O[P+](=S)N(C)/N=C/c2ccc(OC)cc2)cc1)P(OC)OC. The Morgan fingerprint density at radius 2 is 1.54 bits per heavy atom. The molecule has 0 fully saturated rings. The van der Waals surface area contributed by atoms with Crippen LogP contribution in [0.5, 0.6) is 11.5 Å². The zero-order valence-corrected chi connectivity index (χ0v) is 25.5. The molecule has 2 aromatic rings. The fourth-order valence-electron chi connectivity index (χ4n) is 3.21. The summed E-state index contributed by atoms with van der Waals surface area (Å²) in [6.45, 7) is 4.52. The van der Waals surface area contributed by atoms with Crippen LogP contribution >= 0.6 is 23.8 Å². The Balaban J connectivity index is 2.15. The number of hydrogen-bond acceptors (Lipinski definition) is 9. The third-order valence-electron chi connectivity index (χ3n) is 5.06. The van der Waals surface area contributed by atoms with Gasteiger partial charge in [-0.15, -0.1) is 11.7 Å². The first-order valence-corrected chi connectivity index (χ1v) is 16.0. The smallest absolute Gasteiger partial charge is 0.497 e. The van der Waals surface area contributed by atoms with E-state index in [1.54, 1.807) is 53.6 Å². The molecule has 37 heavy (non-hydrogen) atoms. The molecule has 0 aliphatic rings. The lowest BCUT2D eigenvalue weighted by atomic mass is 10.2. The fraction of sp³-hybridized carbons (Fsp3) is 0.375. The van der Waals surface area contributed by atoms with Crippen LogP contribution in [-0.2, 0) is 29.9 Å². The Morgan fingerprint density at radius 3 is 2.05 bits per heavy atom. The standard InChI is InChI=1S/C24H35N3O6P3S/c1-8-17-27(19-34(29-4)30-5)24(35(31-6)32-7)21-11-15-23(16-12-21)33-36(37)26(2)25-18-20-9-13-22(28-3)14-10-20/h8-16,18,24H,1,17,19H2,2-7H3/q+1/b25-18+. The van der Waals surface area contributed by atoms with Crippen LogP contribution in [0.25, 0.3) is 0 Å². The predicted molar refractivity (Wildman–Crippen MR) is 156 cm³/mol. The Kier molecular flexibility index (Phi) is 14.6. The van der Waals surface area contributed by atoms with E-state index in [-0.39, 0.29) is 5.78 Å². The van der Waals surface area contributed by atoms with Crippen LogP contribution in [0.1, 0.15) is 16.9 Å². The minimum Gasteiger partial charge on any atom is -0.497 e. The first-order valence-electron chi connectivity index (χ1n) is 11.2. The van der Waals surface area contributed by atoms with Crippen molar-refractivity contribution in [2.45, 2.75) is 5.78 Å². The molecule has 2 rings (SSSR count). The monoisotopic (exact) mass is 586 g/mol. The van der Waals surface area contributed by atoms with Gasteiger partial charge in [-0.25, -0.2) is 0 Å². The summed E-state index contributed by atoms with van der Waals surface area (Å²) in [5.74, 6) is 1.27. The molecule has 0 radical (unpaired) electrons. The maximum atomic E-state index is 6.00. The lowest BCUT2D eigenvalue weighted by Crippen LogP contribution is -2.29. The fourth-order valence-corrected chi connectivity index (χ4v) is 6.64. The van der Waals surface area contributed by atoms with Crippen molar-refractivity contribution in [3.63, 3.8) is 0 Å². The van der Waals surface area contributed by atoms with Crippen molar-refractivity contribution < 1.29 is 27.4 Å². The summed E-state index contributed by atoms with van der Waals surface area (Å²) in [7, 11) is 6.23. The molecule has 0 heterocycles. The van der Waals surface area contributed by atoms with Crippen LogP contribution < -0.4 is 9.26 Å². The van der Waals surface area contributed by atoms with Gasteiger partial charge in [0.15, 0.2) is 22.5 Å². The van der Waals surface area contributed by atoms with Gasteiger partial charge in [0.2, 0.25) is 11.8 Å². The van der Waals surface area contributed by atoms with Crippen LogP contribution in [-0.4, -0.2) is 71.3 Å². The molecule has 9 nitrogen and oxygen atoms in total. The average Bonchev–Trinajstić information content (AvgIpc) is 2.93. The lowest BCUT2D eigenvalue weighted by molar-refractivity contribution is 0.242. The van der Waals surface area contributed by atoms with Gasteiger partial charge in [0.1, 0.15) is 11.5 Å². The van der Waals surface area contributed by atoms with E-state index in [4.69, 9.17) is 39.2 Å². The summed E-state index contributed by atoms with van der Waals surface area (Å²) in [5.41, 5.74) is 1.94. The van der Waals surface area contributed by atoms with Crippen LogP contribution in [0.15, 0.2) is 66.3 Å². The van der Waals surface area contributed by atoms with Crippen molar-refractivity contribution in [1.29, 1.82) is 0 Å². The second-order valence-electron chi connectivity index (χ2n) is 7.33. The number of rotatable bonds is 17. The highest BCUT2D eigenvalue weighted by Gasteiger charge is 2.32. The molecule has 2 aromatic carbocycles. The van der Waals surface area contributed by atoms with Crippen molar-refractivity contribution in [3.8, 4) is 11.5 Å². The normalized spacial score (nSPS) is 12.8. The van der Waals surface area contributed by atoms with Gasteiger partial charge in [-0.1, -0.05) is 23.0 Å². The van der Waals surface area contributed by atoms with Crippen molar-refractivity contribution >= 4 is 41.8 Å². The van der Waals surface area contributed by atoms with E-state index >= 15 is 0 Å². The molecule has 13 heteroatoms. The lowest BCUT2D eigenvalue weighted by Gasteiger charge is -2.35. The molecule has 0 aromatic heterocycles. The van der Waals surface area contributed by atoms with Gasteiger partial charge >= 0.3 is 7.07 Å². The van der Waals surface area contributed by atoms with Crippen molar-refractivity contribution in [1.82, 2.24) is 9.68 Å². The van der Waals surface area contributed by atoms with E-state index < -0.39 is 23.8 Å². The topological polar surface area (TPSA) is 74.2 Å². The molecular formula is C24H35N3O6P3S+. The first kappa shape index (κ1) is 31.6. The first-order chi connectivity index (χ1) is 17.9. The minimum atomic E-state index is -1.41. The minimum absolute atomic E-state index is 0.172. The van der Waals surface area contributed by atoms with Crippen LogP contribution in [0.4, 0.5) is 0 Å². The highest BCUT2D eigenvalue weighted by atomic mass is 32.4. The highest BCUT2D eigenvalue weighted by molar-refractivity contribution is 8.02. The number of nitrogens with zero attached hydrogens (tertiary/aromatic N) is 3. The summed E-state index contributed by atoms with van der Waals surface area (Å²) in [4.78, 5) is 2.18. The zero-order valence-electron chi connectivity index (χ0n) is 22.0. The molecule has 2 atom stereocenters. The van der Waals surface area contributed by atoms with E-state index in [0.29, 0.717) is 18.6 Å². The summed E-state index contributed by atoms with van der Waals surface area (Å²) in [6, 6.07) is 15.4. The zero-order chi connectivity index (χ0) is 27.2. The van der Waals surface area contributed by atoms with Gasteiger partial charge in [0, 0.05) is 35.0 Å². The van der Waals surface area contributed by atoms with Crippen molar-refractivity contribution in [2.24, 2.45) is 5.10 Å². The number of benzene rings is 2. The van der Waals surface area contributed by atoms with Crippen molar-refractivity contribution in [3.05, 3.63) is 72.3 Å². The average molecular weight is 587 g/mol. The van der Waals surface area contributed by atoms with Crippen LogP contribution in [0.2, 0.25) is 0 Å². The number of methoxy groups -OCH3 is 1. The number of hydrogen-bond donors (Lipinski definition) is 0. The van der Waals surface area contributed by atoms with E-state index in [1.165, 1.54) is 0 Å². The molecule has 2 unspecified atom stereocenters. The van der Waals surface area contributed by atoms with E-state index in [0.717, 1.165) is 16.9 Å². The van der Waals surface area contributed by atoms with Crippen LogP contribution in [0.3, 0.4) is 0 Å². The molecular weight excluding hydrogens is 551 g/mol. The molecule has 0 N–H and O–H groups in total. The second-order valence-corrected chi connectivity index (χ2v) is 13.0. The largest absolute Gasteiger partial charge is 0.540 e. The van der Waals surface area contributed by atoms with Gasteiger partial charge in [0.25, 0.3) is 0 Å². The Hall–Kier alpha value is -1.57. The van der Waals surface area contributed by atoms with Crippen LogP contribution in [0, 0.1) is 0 Å². The van der Waals surface area contributed by atoms with Gasteiger partial charge in [-0.3, -0.25) is 9.42 Å². The molecule has 0 aliphatic carbocycles. The molecule has 0 bridgehead atoms. The number of hydrazone groups is 1. The molecule has 202 valence electrons. The summed E-state index contributed by atoms with van der Waals surface area (Å²) in [5, 5.41) is 4.42. The second kappa shape index (κ2) is 17.1. The molecule has 0 saturated heterocycles. The summed E-state index contributed by atoms with van der Waals surface area (Å²) < 4.78 is 35.2. The third kappa shape index (κ3) is 9.92. The Morgan fingerprint density at radius 1 is 0.946 bits per heavy atom. The van der Waals surface area contributed by atoms with E-state index in [2.05, 4.69) is 16.6 Å². The van der Waals surface area contributed by atoms with Gasteiger partial charge < -0.3 is 22.8 Å². The Labute approximate surface area is 228 Å². The molecule has 0 saturated carbocycles. The Bertz CT molecular complexity index is 992. The summed E-state index contributed by atoms with van der Waals surface area (Å²) in [6.07, 6.45) is 4.14. The molecule has 0 amide bonds. The van der Waals surface area contributed by atoms with E-state index in [1.807, 2.05) is 54.6 Å². The quantitative estimate of drug-likeness (QED) is 0.0898. The maximum Gasteiger partial charge on any atom is 0.540 e. The van der Waals surface area contributed by atoms with Gasteiger partial charge in [-0.05, 0) is 47.5 Å². The predicted octanol–water partition coefficient (Wildman–Crippen LogP) is 6.47. The third-order valence-corrected chi connectivity index (χ3v) is 10.1. The summed E-state index contributed by atoms with van der Waals surface area (Å²) >= 11 is 5.56. The molecule has 0 aliphatic heterocycles. The van der Waals surface area contributed by atoms with Crippen molar-refractivity contribution in [2.75, 3.05) is 55.4 Å². The number of ether oxygens (including phenoxy) is 1. The maximum absolute atomic E-state index is 6.00. The van der Waals surface area contributed by atoms with E-state index in [9.17, 15) is 0 Å².